The van der Waals surface area contributed by atoms with Crippen molar-refractivity contribution in [2.45, 2.75) is 31.8 Å². The SMILES string of the molecule is CCNC(=NCc1cccc(F)c1)NCC1CCN(S(=O)(=O)C(F)(F)F)CC1. The molecular weight excluding hydrogens is 400 g/mol. The summed E-state index contributed by atoms with van der Waals surface area (Å²) in [5.41, 5.74) is -4.55. The topological polar surface area (TPSA) is 73.8 Å². The first kappa shape index (κ1) is 22.4. The fraction of sp³-hybridized carbons (Fsp3) is 0.588. The molecule has 0 bridgehead atoms. The van der Waals surface area contributed by atoms with Crippen molar-refractivity contribution in [1.82, 2.24) is 14.9 Å². The molecule has 2 N–H and O–H groups in total. The zero-order valence-electron chi connectivity index (χ0n) is 15.5. The smallest absolute Gasteiger partial charge is 0.357 e. The third-order valence-electron chi connectivity index (χ3n) is 4.42. The fourth-order valence-corrected chi connectivity index (χ4v) is 3.87. The maximum Gasteiger partial charge on any atom is 0.511 e. The average molecular weight is 424 g/mol. The molecule has 0 spiro atoms. The van der Waals surface area contributed by atoms with Gasteiger partial charge in [-0.2, -0.15) is 17.5 Å². The molecule has 0 radical (unpaired) electrons. The number of halogens is 4. The molecule has 1 heterocycles. The van der Waals surface area contributed by atoms with E-state index >= 15 is 0 Å². The van der Waals surface area contributed by atoms with Crippen molar-refractivity contribution in [3.63, 3.8) is 0 Å². The average Bonchev–Trinajstić information content (AvgIpc) is 2.63. The van der Waals surface area contributed by atoms with Gasteiger partial charge in [-0.3, -0.25) is 0 Å². The Morgan fingerprint density at radius 2 is 1.93 bits per heavy atom. The number of aliphatic imine (C=N–C) groups is 1. The van der Waals surface area contributed by atoms with Crippen molar-refractivity contribution in [2.24, 2.45) is 10.9 Å². The number of nitrogens with zero attached hydrogens (tertiary/aromatic N) is 2. The fourth-order valence-electron chi connectivity index (χ4n) is 2.89. The Morgan fingerprint density at radius 3 is 2.50 bits per heavy atom. The highest BCUT2D eigenvalue weighted by Crippen LogP contribution is 2.30. The van der Waals surface area contributed by atoms with Crippen molar-refractivity contribution in [3.05, 3.63) is 35.6 Å². The number of hydrogen-bond acceptors (Lipinski definition) is 3. The normalized spacial score (nSPS) is 17.5. The van der Waals surface area contributed by atoms with Gasteiger partial charge in [-0.25, -0.2) is 17.8 Å². The first-order valence-electron chi connectivity index (χ1n) is 8.96. The molecule has 1 aliphatic rings. The molecule has 1 aliphatic heterocycles. The molecule has 0 aromatic heterocycles. The van der Waals surface area contributed by atoms with Gasteiger partial charge in [-0.15, -0.1) is 0 Å². The summed E-state index contributed by atoms with van der Waals surface area (Å²) in [6.45, 7) is 2.90. The quantitative estimate of drug-likeness (QED) is 0.418. The van der Waals surface area contributed by atoms with Gasteiger partial charge in [0, 0.05) is 26.2 Å². The Labute approximate surface area is 162 Å². The molecular formula is C17H24F4N4O2S. The van der Waals surface area contributed by atoms with E-state index < -0.39 is 15.5 Å². The number of alkyl halides is 3. The van der Waals surface area contributed by atoms with Crippen molar-refractivity contribution in [2.75, 3.05) is 26.2 Å². The molecule has 1 fully saturated rings. The van der Waals surface area contributed by atoms with Crippen LogP contribution in [0.25, 0.3) is 0 Å². The third kappa shape index (κ3) is 6.06. The van der Waals surface area contributed by atoms with Crippen LogP contribution in [0.5, 0.6) is 0 Å². The lowest BCUT2D eigenvalue weighted by molar-refractivity contribution is -0.0496. The van der Waals surface area contributed by atoms with Gasteiger partial charge in [0.25, 0.3) is 0 Å². The Kier molecular flexibility index (Phi) is 7.64. The van der Waals surface area contributed by atoms with Crippen LogP contribution in [0.15, 0.2) is 29.3 Å². The molecule has 0 aliphatic carbocycles. The molecule has 0 saturated carbocycles. The molecule has 1 aromatic carbocycles. The van der Waals surface area contributed by atoms with Crippen LogP contribution in [-0.2, 0) is 16.6 Å². The van der Waals surface area contributed by atoms with Gasteiger partial charge < -0.3 is 10.6 Å². The second-order valence-electron chi connectivity index (χ2n) is 6.50. The summed E-state index contributed by atoms with van der Waals surface area (Å²) in [7, 11) is -5.26. The molecule has 1 aromatic rings. The van der Waals surface area contributed by atoms with Crippen LogP contribution < -0.4 is 10.6 Å². The number of rotatable bonds is 6. The van der Waals surface area contributed by atoms with E-state index in [1.54, 1.807) is 12.1 Å². The minimum Gasteiger partial charge on any atom is -0.357 e. The summed E-state index contributed by atoms with van der Waals surface area (Å²) in [5, 5.41) is 6.16. The third-order valence-corrected chi connectivity index (χ3v) is 6.05. The van der Waals surface area contributed by atoms with Crippen LogP contribution in [0.3, 0.4) is 0 Å². The van der Waals surface area contributed by atoms with E-state index in [1.165, 1.54) is 12.1 Å². The number of nitrogens with one attached hydrogen (secondary N) is 2. The second-order valence-corrected chi connectivity index (χ2v) is 8.43. The van der Waals surface area contributed by atoms with Crippen molar-refractivity contribution in [3.8, 4) is 0 Å². The Morgan fingerprint density at radius 1 is 1.25 bits per heavy atom. The summed E-state index contributed by atoms with van der Waals surface area (Å²) < 4.78 is 74.4. The van der Waals surface area contributed by atoms with Crippen LogP contribution in [-0.4, -0.2) is 50.4 Å². The minimum absolute atomic E-state index is 0.0257. The zero-order valence-corrected chi connectivity index (χ0v) is 16.3. The van der Waals surface area contributed by atoms with Crippen LogP contribution in [0.1, 0.15) is 25.3 Å². The number of guanidine groups is 1. The molecule has 2 rings (SSSR count). The number of hydrogen-bond donors (Lipinski definition) is 2. The Hall–Kier alpha value is -1.88. The molecule has 28 heavy (non-hydrogen) atoms. The van der Waals surface area contributed by atoms with Gasteiger partial charge in [-0.1, -0.05) is 12.1 Å². The monoisotopic (exact) mass is 424 g/mol. The van der Waals surface area contributed by atoms with Crippen LogP contribution in [0.2, 0.25) is 0 Å². The van der Waals surface area contributed by atoms with Gasteiger partial charge in [-0.05, 0) is 43.4 Å². The van der Waals surface area contributed by atoms with E-state index in [0.29, 0.717) is 41.8 Å². The van der Waals surface area contributed by atoms with Crippen LogP contribution >= 0.6 is 0 Å². The maximum atomic E-state index is 13.2. The summed E-state index contributed by atoms with van der Waals surface area (Å²) >= 11 is 0. The predicted molar refractivity (Wildman–Crippen MR) is 98.5 cm³/mol. The van der Waals surface area contributed by atoms with E-state index in [0.717, 1.165) is 0 Å². The standard InChI is InChI=1S/C17H24F4N4O2S/c1-2-22-16(24-12-14-4-3-5-15(18)10-14)23-11-13-6-8-25(9-7-13)28(26,27)17(19,20)21/h3-5,10,13H,2,6-9,11-12H2,1H3,(H2,22,23,24). The van der Waals surface area contributed by atoms with E-state index in [2.05, 4.69) is 15.6 Å². The van der Waals surface area contributed by atoms with Gasteiger partial charge >= 0.3 is 15.5 Å². The summed E-state index contributed by atoms with van der Waals surface area (Å²) in [4.78, 5) is 4.37. The largest absolute Gasteiger partial charge is 0.511 e. The van der Waals surface area contributed by atoms with Crippen molar-refractivity contribution in [1.29, 1.82) is 0 Å². The molecule has 1 saturated heterocycles. The lowest BCUT2D eigenvalue weighted by atomic mass is 9.98. The lowest BCUT2D eigenvalue weighted by Crippen LogP contribution is -2.47. The molecule has 6 nitrogen and oxygen atoms in total. The van der Waals surface area contributed by atoms with Gasteiger partial charge in [0.15, 0.2) is 5.96 Å². The maximum absolute atomic E-state index is 13.2. The van der Waals surface area contributed by atoms with E-state index in [9.17, 15) is 26.0 Å². The minimum atomic E-state index is -5.26. The number of piperidine rings is 1. The number of sulfonamides is 1. The summed E-state index contributed by atoms with van der Waals surface area (Å²) in [6, 6.07) is 6.10. The zero-order chi connectivity index (χ0) is 20.8. The van der Waals surface area contributed by atoms with E-state index in [1.807, 2.05) is 6.92 Å². The molecule has 158 valence electrons. The van der Waals surface area contributed by atoms with Crippen LogP contribution in [0.4, 0.5) is 17.6 Å². The van der Waals surface area contributed by atoms with Crippen LogP contribution in [0, 0.1) is 11.7 Å². The first-order valence-corrected chi connectivity index (χ1v) is 10.4. The molecule has 0 atom stereocenters. The molecule has 0 amide bonds. The molecule has 0 unspecified atom stereocenters. The highest BCUT2D eigenvalue weighted by atomic mass is 32.2. The highest BCUT2D eigenvalue weighted by molar-refractivity contribution is 7.90. The second kappa shape index (κ2) is 9.55. The summed E-state index contributed by atoms with van der Waals surface area (Å²) in [5.74, 6) is 0.195. The van der Waals surface area contributed by atoms with Gasteiger partial charge in [0.1, 0.15) is 5.82 Å². The van der Waals surface area contributed by atoms with E-state index in [-0.39, 0.29) is 31.4 Å². The Balaban J connectivity index is 1.87. The first-order chi connectivity index (χ1) is 13.1. The van der Waals surface area contributed by atoms with Gasteiger partial charge in [0.2, 0.25) is 0 Å². The summed E-state index contributed by atoms with van der Waals surface area (Å²) in [6.07, 6.45) is 0.650. The Bertz CT molecular complexity index is 776. The highest BCUT2D eigenvalue weighted by Gasteiger charge is 2.50. The number of benzene rings is 1. The predicted octanol–water partition coefficient (Wildman–Crippen LogP) is 2.44. The van der Waals surface area contributed by atoms with Gasteiger partial charge in [0.05, 0.1) is 6.54 Å². The van der Waals surface area contributed by atoms with Crippen molar-refractivity contribution < 1.29 is 26.0 Å². The lowest BCUT2D eigenvalue weighted by Gasteiger charge is -2.31. The molecule has 11 heteroatoms. The van der Waals surface area contributed by atoms with Crippen molar-refractivity contribution >= 4 is 16.0 Å². The van der Waals surface area contributed by atoms with E-state index in [4.69, 9.17) is 0 Å².